The predicted octanol–water partition coefficient (Wildman–Crippen LogP) is 1.72. The third-order valence-electron chi connectivity index (χ3n) is 3.43. The maximum absolute atomic E-state index is 12.3. The molecule has 21 heavy (non-hydrogen) atoms. The number of rotatable bonds is 6. The fourth-order valence-electron chi connectivity index (χ4n) is 2.38. The van der Waals surface area contributed by atoms with E-state index in [1.54, 1.807) is 18.2 Å². The van der Waals surface area contributed by atoms with Crippen LogP contribution in [0.4, 0.5) is 5.69 Å². The third kappa shape index (κ3) is 4.09. The van der Waals surface area contributed by atoms with Crippen LogP contribution in [0.2, 0.25) is 0 Å². The molecule has 0 amide bonds. The van der Waals surface area contributed by atoms with E-state index in [4.69, 9.17) is 4.74 Å². The summed E-state index contributed by atoms with van der Waals surface area (Å²) in [5.74, 6) is 0.570. The average Bonchev–Trinajstić information content (AvgIpc) is 2.49. The number of ether oxygens (including phenoxy) is 1. The molecular weight excluding hydrogens is 292 g/mol. The predicted molar refractivity (Wildman–Crippen MR) is 81.5 cm³/mol. The highest BCUT2D eigenvalue weighted by Gasteiger charge is 2.23. The normalized spacial score (nSPS) is 16.7. The molecule has 118 valence electrons. The van der Waals surface area contributed by atoms with Gasteiger partial charge < -0.3 is 9.84 Å². The number of hydrogen-bond donors (Lipinski definition) is 2. The monoisotopic (exact) mass is 314 g/mol. The summed E-state index contributed by atoms with van der Waals surface area (Å²) in [6, 6.07) is 4.92. The number of piperidine rings is 1. The Balaban J connectivity index is 2.14. The van der Waals surface area contributed by atoms with Crippen LogP contribution in [-0.4, -0.2) is 37.5 Å². The molecule has 0 bridgehead atoms. The number of aliphatic hydroxyl groups excluding tert-OH is 1. The summed E-state index contributed by atoms with van der Waals surface area (Å²) >= 11 is 0. The van der Waals surface area contributed by atoms with E-state index >= 15 is 0 Å². The van der Waals surface area contributed by atoms with Crippen LogP contribution in [0.15, 0.2) is 18.2 Å². The molecule has 1 aliphatic heterocycles. The van der Waals surface area contributed by atoms with Crippen LogP contribution in [0.5, 0.6) is 5.75 Å². The summed E-state index contributed by atoms with van der Waals surface area (Å²) in [5, 5.41) is 9.35. The molecule has 0 spiro atoms. The summed E-state index contributed by atoms with van der Waals surface area (Å²) in [5.41, 5.74) is 1.00. The Hall–Kier alpha value is -1.31. The molecule has 1 aromatic carbocycles. The fourth-order valence-corrected chi connectivity index (χ4v) is 3.67. The second kappa shape index (κ2) is 7.11. The van der Waals surface area contributed by atoms with E-state index in [0.29, 0.717) is 36.7 Å². The number of nitrogens with one attached hydrogen (secondary N) is 1. The molecular formula is C14H22N2O4S. The molecule has 1 fully saturated rings. The van der Waals surface area contributed by atoms with E-state index < -0.39 is 10.2 Å². The highest BCUT2D eigenvalue weighted by molar-refractivity contribution is 7.90. The molecule has 0 unspecified atom stereocenters. The van der Waals surface area contributed by atoms with Gasteiger partial charge in [0.1, 0.15) is 5.75 Å². The Morgan fingerprint density at radius 2 is 2.00 bits per heavy atom. The topological polar surface area (TPSA) is 78.9 Å². The lowest BCUT2D eigenvalue weighted by Gasteiger charge is -2.26. The van der Waals surface area contributed by atoms with Gasteiger partial charge in [-0.15, -0.1) is 0 Å². The molecule has 0 aromatic heterocycles. The Morgan fingerprint density at radius 3 is 2.62 bits per heavy atom. The zero-order chi connectivity index (χ0) is 15.3. The van der Waals surface area contributed by atoms with Crippen LogP contribution < -0.4 is 9.46 Å². The summed E-state index contributed by atoms with van der Waals surface area (Å²) in [6.45, 7) is 3.26. The van der Waals surface area contributed by atoms with Crippen LogP contribution in [0.25, 0.3) is 0 Å². The third-order valence-corrected chi connectivity index (χ3v) is 4.97. The number of aliphatic hydroxyl groups is 1. The summed E-state index contributed by atoms with van der Waals surface area (Å²) in [6.07, 6.45) is 2.86. The van der Waals surface area contributed by atoms with Gasteiger partial charge in [-0.2, -0.15) is 12.7 Å². The van der Waals surface area contributed by atoms with E-state index in [1.165, 1.54) is 4.31 Å². The Morgan fingerprint density at radius 1 is 1.29 bits per heavy atom. The molecule has 6 nitrogen and oxygen atoms in total. The molecule has 2 rings (SSSR count). The molecule has 0 radical (unpaired) electrons. The lowest BCUT2D eigenvalue weighted by atomic mass is 10.2. The van der Waals surface area contributed by atoms with Crippen LogP contribution in [-0.2, 0) is 16.8 Å². The first kappa shape index (κ1) is 16.1. The number of anilines is 1. The number of nitrogens with zero attached hydrogens (tertiary/aromatic N) is 1. The van der Waals surface area contributed by atoms with Crippen LogP contribution in [0.1, 0.15) is 31.7 Å². The van der Waals surface area contributed by atoms with Crippen molar-refractivity contribution in [3.63, 3.8) is 0 Å². The zero-order valence-electron chi connectivity index (χ0n) is 12.2. The maximum atomic E-state index is 12.3. The molecule has 2 N–H and O–H groups in total. The first-order chi connectivity index (χ1) is 10.1. The smallest absolute Gasteiger partial charge is 0.301 e. The first-order valence-electron chi connectivity index (χ1n) is 7.21. The van der Waals surface area contributed by atoms with Crippen molar-refractivity contribution in [2.45, 2.75) is 32.8 Å². The van der Waals surface area contributed by atoms with Gasteiger partial charge in [0.05, 0.1) is 18.9 Å². The summed E-state index contributed by atoms with van der Waals surface area (Å²) in [7, 11) is -3.53. The Bertz CT molecular complexity index is 568. The van der Waals surface area contributed by atoms with Gasteiger partial charge >= 0.3 is 10.2 Å². The highest BCUT2D eigenvalue weighted by Crippen LogP contribution is 2.24. The van der Waals surface area contributed by atoms with E-state index in [-0.39, 0.29) is 6.61 Å². The van der Waals surface area contributed by atoms with Gasteiger partial charge in [-0.25, -0.2) is 0 Å². The number of hydrogen-bond acceptors (Lipinski definition) is 4. The minimum absolute atomic E-state index is 0.200. The molecule has 1 heterocycles. The fraction of sp³-hybridized carbons (Fsp3) is 0.571. The van der Waals surface area contributed by atoms with Crippen molar-refractivity contribution >= 4 is 15.9 Å². The van der Waals surface area contributed by atoms with Gasteiger partial charge in [-0.05, 0) is 38.0 Å². The molecule has 1 aliphatic rings. The van der Waals surface area contributed by atoms with Crippen LogP contribution in [0, 0.1) is 0 Å². The van der Waals surface area contributed by atoms with E-state index in [9.17, 15) is 13.5 Å². The second-order valence-electron chi connectivity index (χ2n) is 4.98. The highest BCUT2D eigenvalue weighted by atomic mass is 32.2. The van der Waals surface area contributed by atoms with E-state index in [1.807, 2.05) is 6.92 Å². The molecule has 0 atom stereocenters. The van der Waals surface area contributed by atoms with Gasteiger partial charge in [0, 0.05) is 18.7 Å². The molecule has 0 saturated carbocycles. The second-order valence-corrected chi connectivity index (χ2v) is 6.65. The van der Waals surface area contributed by atoms with Crippen molar-refractivity contribution in [2.75, 3.05) is 24.4 Å². The van der Waals surface area contributed by atoms with Crippen molar-refractivity contribution in [3.05, 3.63) is 23.8 Å². The Kier molecular flexibility index (Phi) is 5.44. The molecule has 0 aliphatic carbocycles. The van der Waals surface area contributed by atoms with Gasteiger partial charge in [-0.1, -0.05) is 6.42 Å². The minimum atomic E-state index is -3.53. The summed E-state index contributed by atoms with van der Waals surface area (Å²) in [4.78, 5) is 0. The maximum Gasteiger partial charge on any atom is 0.301 e. The Labute approximate surface area is 125 Å². The minimum Gasteiger partial charge on any atom is -0.494 e. The average molecular weight is 314 g/mol. The van der Waals surface area contributed by atoms with Gasteiger partial charge in [0.2, 0.25) is 0 Å². The van der Waals surface area contributed by atoms with Crippen molar-refractivity contribution in [2.24, 2.45) is 0 Å². The SMILES string of the molecule is CCOc1ccc(NS(=O)(=O)N2CCCCC2)cc1CO. The number of benzene rings is 1. The van der Waals surface area contributed by atoms with E-state index in [0.717, 1.165) is 19.3 Å². The summed E-state index contributed by atoms with van der Waals surface area (Å²) < 4.78 is 34.0. The van der Waals surface area contributed by atoms with Crippen molar-refractivity contribution in [1.29, 1.82) is 0 Å². The van der Waals surface area contributed by atoms with Crippen LogP contribution in [0.3, 0.4) is 0 Å². The van der Waals surface area contributed by atoms with Crippen molar-refractivity contribution in [3.8, 4) is 5.75 Å². The lowest BCUT2D eigenvalue weighted by Crippen LogP contribution is -2.39. The van der Waals surface area contributed by atoms with Crippen molar-refractivity contribution in [1.82, 2.24) is 4.31 Å². The molecule has 1 aromatic rings. The quantitative estimate of drug-likeness (QED) is 0.838. The van der Waals surface area contributed by atoms with Crippen LogP contribution >= 0.6 is 0 Å². The van der Waals surface area contributed by atoms with Gasteiger partial charge in [0.25, 0.3) is 0 Å². The van der Waals surface area contributed by atoms with Gasteiger partial charge in [0.15, 0.2) is 0 Å². The lowest BCUT2D eigenvalue weighted by molar-refractivity contribution is 0.267. The molecule has 7 heteroatoms. The van der Waals surface area contributed by atoms with E-state index in [2.05, 4.69) is 4.72 Å². The van der Waals surface area contributed by atoms with Crippen molar-refractivity contribution < 1.29 is 18.3 Å². The van der Waals surface area contributed by atoms with Gasteiger partial charge in [-0.3, -0.25) is 4.72 Å². The first-order valence-corrected chi connectivity index (χ1v) is 8.65. The zero-order valence-corrected chi connectivity index (χ0v) is 13.0. The largest absolute Gasteiger partial charge is 0.494 e. The molecule has 1 saturated heterocycles. The standard InChI is InChI=1S/C14H22N2O4S/c1-2-20-14-7-6-13(10-12(14)11-17)15-21(18,19)16-8-4-3-5-9-16/h6-7,10,15,17H,2-5,8-9,11H2,1H3.